The van der Waals surface area contributed by atoms with E-state index < -0.39 is 5.60 Å². The lowest BCUT2D eigenvalue weighted by Gasteiger charge is -2.35. The van der Waals surface area contributed by atoms with Crippen molar-refractivity contribution in [2.75, 3.05) is 13.1 Å². The van der Waals surface area contributed by atoms with E-state index in [1.807, 2.05) is 6.92 Å². The molecule has 2 N–H and O–H groups in total. The minimum atomic E-state index is -0.896. The van der Waals surface area contributed by atoms with Crippen molar-refractivity contribution in [1.82, 2.24) is 10.2 Å². The maximum Gasteiger partial charge on any atom is 0.242 e. The number of carbonyl (C=O) groups is 2. The van der Waals surface area contributed by atoms with E-state index in [2.05, 4.69) is 19.2 Å². The molecule has 1 aliphatic heterocycles. The van der Waals surface area contributed by atoms with E-state index in [4.69, 9.17) is 0 Å². The van der Waals surface area contributed by atoms with E-state index in [9.17, 15) is 14.7 Å². The van der Waals surface area contributed by atoms with E-state index in [0.717, 1.165) is 32.1 Å². The van der Waals surface area contributed by atoms with Crippen LogP contribution in [0, 0.1) is 5.92 Å². The van der Waals surface area contributed by atoms with Crippen LogP contribution >= 0.6 is 0 Å². The van der Waals surface area contributed by atoms with Crippen LogP contribution in [0.4, 0.5) is 0 Å². The first-order valence-corrected chi connectivity index (χ1v) is 9.06. The predicted molar refractivity (Wildman–Crippen MR) is 92.0 cm³/mol. The molecule has 0 aromatic rings. The van der Waals surface area contributed by atoms with Gasteiger partial charge in [-0.2, -0.15) is 0 Å². The number of hydrogen-bond donors (Lipinski definition) is 2. The van der Waals surface area contributed by atoms with Crippen LogP contribution in [0.1, 0.15) is 72.6 Å². The van der Waals surface area contributed by atoms with Gasteiger partial charge in [-0.1, -0.05) is 20.8 Å². The third-order valence-electron chi connectivity index (χ3n) is 4.49. The van der Waals surface area contributed by atoms with E-state index in [1.54, 1.807) is 11.8 Å². The van der Waals surface area contributed by atoms with Crippen molar-refractivity contribution in [2.45, 2.75) is 84.3 Å². The quantitative estimate of drug-likeness (QED) is 0.720. The molecular weight excluding hydrogens is 292 g/mol. The lowest BCUT2D eigenvalue weighted by molar-refractivity contribution is -0.142. The molecule has 2 atom stereocenters. The van der Waals surface area contributed by atoms with Crippen molar-refractivity contribution in [3.63, 3.8) is 0 Å². The number of aliphatic hydroxyl groups is 1. The summed E-state index contributed by atoms with van der Waals surface area (Å²) < 4.78 is 0. The number of piperidine rings is 1. The monoisotopic (exact) mass is 326 g/mol. The van der Waals surface area contributed by atoms with E-state index >= 15 is 0 Å². The van der Waals surface area contributed by atoms with E-state index in [0.29, 0.717) is 25.3 Å². The van der Waals surface area contributed by atoms with Crippen LogP contribution in [-0.2, 0) is 9.59 Å². The second-order valence-corrected chi connectivity index (χ2v) is 7.50. The lowest BCUT2D eigenvalue weighted by atomic mass is 9.95. The van der Waals surface area contributed by atoms with Crippen LogP contribution in [0.25, 0.3) is 0 Å². The van der Waals surface area contributed by atoms with Crippen molar-refractivity contribution in [2.24, 2.45) is 5.92 Å². The van der Waals surface area contributed by atoms with Crippen LogP contribution < -0.4 is 5.32 Å². The van der Waals surface area contributed by atoms with Crippen LogP contribution in [0.5, 0.6) is 0 Å². The van der Waals surface area contributed by atoms with Crippen LogP contribution in [0.2, 0.25) is 0 Å². The first kappa shape index (κ1) is 19.9. The summed E-state index contributed by atoms with van der Waals surface area (Å²) in [7, 11) is 0. The molecule has 1 heterocycles. The van der Waals surface area contributed by atoms with Crippen molar-refractivity contribution in [3.8, 4) is 0 Å². The molecule has 5 nitrogen and oxygen atoms in total. The molecule has 0 aromatic carbocycles. The number of nitrogens with one attached hydrogen (secondary N) is 1. The van der Waals surface area contributed by atoms with Crippen molar-refractivity contribution >= 4 is 11.8 Å². The largest absolute Gasteiger partial charge is 0.388 e. The lowest BCUT2D eigenvalue weighted by Crippen LogP contribution is -2.54. The smallest absolute Gasteiger partial charge is 0.242 e. The number of likely N-dealkylation sites (tertiary alicyclic amines) is 1. The third-order valence-corrected chi connectivity index (χ3v) is 4.49. The number of amides is 2. The molecule has 0 radical (unpaired) electrons. The fourth-order valence-corrected chi connectivity index (χ4v) is 2.94. The summed E-state index contributed by atoms with van der Waals surface area (Å²) in [5, 5.41) is 13.2. The molecule has 134 valence electrons. The number of nitrogens with zero attached hydrogens (tertiary/aromatic N) is 1. The van der Waals surface area contributed by atoms with Gasteiger partial charge in [-0.25, -0.2) is 0 Å². The van der Waals surface area contributed by atoms with Gasteiger partial charge < -0.3 is 15.3 Å². The molecular formula is C18H34N2O3. The van der Waals surface area contributed by atoms with Crippen LogP contribution in [0.3, 0.4) is 0 Å². The number of rotatable bonds is 8. The highest BCUT2D eigenvalue weighted by Gasteiger charge is 2.32. The molecule has 0 aromatic heterocycles. The maximum absolute atomic E-state index is 12.5. The van der Waals surface area contributed by atoms with Crippen molar-refractivity contribution < 1.29 is 14.7 Å². The Kier molecular flexibility index (Phi) is 8.03. The zero-order valence-electron chi connectivity index (χ0n) is 15.2. The summed E-state index contributed by atoms with van der Waals surface area (Å²) >= 11 is 0. The molecule has 2 amide bonds. The summed E-state index contributed by atoms with van der Waals surface area (Å²) in [5.41, 5.74) is -0.896. The van der Waals surface area contributed by atoms with Gasteiger partial charge in [-0.15, -0.1) is 0 Å². The first-order valence-electron chi connectivity index (χ1n) is 9.06. The Hall–Kier alpha value is -1.10. The minimum absolute atomic E-state index is 0.0684. The number of hydrogen-bond acceptors (Lipinski definition) is 3. The Morgan fingerprint density at radius 1 is 1.35 bits per heavy atom. The molecule has 5 heteroatoms. The molecule has 1 saturated heterocycles. The molecule has 1 aliphatic rings. The highest BCUT2D eigenvalue weighted by Crippen LogP contribution is 2.20. The molecule has 0 saturated carbocycles. The van der Waals surface area contributed by atoms with Gasteiger partial charge in [-0.3, -0.25) is 9.59 Å². The minimum Gasteiger partial charge on any atom is -0.388 e. The van der Waals surface area contributed by atoms with Gasteiger partial charge in [0.05, 0.1) is 5.60 Å². The Balaban J connectivity index is 2.55. The second kappa shape index (κ2) is 9.26. The summed E-state index contributed by atoms with van der Waals surface area (Å²) in [6.07, 6.45) is 5.53. The molecule has 23 heavy (non-hydrogen) atoms. The van der Waals surface area contributed by atoms with Crippen LogP contribution in [-0.4, -0.2) is 46.6 Å². The Morgan fingerprint density at radius 2 is 2.04 bits per heavy atom. The highest BCUT2D eigenvalue weighted by molar-refractivity contribution is 5.87. The van der Waals surface area contributed by atoms with Crippen molar-refractivity contribution in [3.05, 3.63) is 0 Å². The average molecular weight is 326 g/mol. The maximum atomic E-state index is 12.5. The van der Waals surface area contributed by atoms with Crippen LogP contribution in [0.15, 0.2) is 0 Å². The predicted octanol–water partition coefficient (Wildman–Crippen LogP) is 2.47. The summed E-state index contributed by atoms with van der Waals surface area (Å²) in [6.45, 7) is 8.88. The van der Waals surface area contributed by atoms with Gasteiger partial charge in [0.2, 0.25) is 11.8 Å². The highest BCUT2D eigenvalue weighted by atomic mass is 16.3. The second-order valence-electron chi connectivity index (χ2n) is 7.50. The summed E-state index contributed by atoms with van der Waals surface area (Å²) in [4.78, 5) is 26.4. The van der Waals surface area contributed by atoms with Crippen molar-refractivity contribution in [1.29, 1.82) is 0 Å². The molecule has 1 fully saturated rings. The van der Waals surface area contributed by atoms with Gasteiger partial charge in [0.15, 0.2) is 0 Å². The number of carbonyl (C=O) groups excluding carboxylic acids is 2. The molecule has 0 aliphatic carbocycles. The fraction of sp³-hybridized carbons (Fsp3) is 0.889. The summed E-state index contributed by atoms with van der Waals surface area (Å²) in [5.74, 6) is 0.468. The third kappa shape index (κ3) is 6.90. The van der Waals surface area contributed by atoms with E-state index in [1.165, 1.54) is 0 Å². The van der Waals surface area contributed by atoms with Gasteiger partial charge in [-0.05, 0) is 51.4 Å². The molecule has 0 unspecified atom stereocenters. The summed E-state index contributed by atoms with van der Waals surface area (Å²) in [6, 6.07) is -0.372. The first-order chi connectivity index (χ1) is 10.8. The zero-order valence-corrected chi connectivity index (χ0v) is 15.2. The van der Waals surface area contributed by atoms with Gasteiger partial charge >= 0.3 is 0 Å². The SMILES string of the molecule is CCCC(=O)N1CCCC[C@H]1C(=O)NC[C@](C)(O)CCC(C)C. The zero-order chi connectivity index (χ0) is 17.5. The standard InChI is InChI=1S/C18H34N2O3/c1-5-8-16(21)20-12-7-6-9-15(20)17(22)19-13-18(4,23)11-10-14(2)3/h14-15,23H,5-13H2,1-4H3,(H,19,22)/t15-,18+/m0/s1. The van der Waals surface area contributed by atoms with Gasteiger partial charge in [0, 0.05) is 19.5 Å². The molecule has 0 bridgehead atoms. The Morgan fingerprint density at radius 3 is 2.65 bits per heavy atom. The normalized spacial score (nSPS) is 21.1. The van der Waals surface area contributed by atoms with E-state index in [-0.39, 0.29) is 24.4 Å². The Bertz CT molecular complexity index is 394. The average Bonchev–Trinajstić information content (AvgIpc) is 2.51. The molecule has 0 spiro atoms. The topological polar surface area (TPSA) is 69.6 Å². The van der Waals surface area contributed by atoms with Gasteiger partial charge in [0.25, 0.3) is 0 Å². The Labute approximate surface area is 140 Å². The molecule has 1 rings (SSSR count). The van der Waals surface area contributed by atoms with Gasteiger partial charge in [0.1, 0.15) is 6.04 Å². The fourth-order valence-electron chi connectivity index (χ4n) is 2.94.